The Bertz CT molecular complexity index is 1200. The van der Waals surface area contributed by atoms with Crippen LogP contribution >= 0.6 is 15.9 Å². The minimum atomic E-state index is -1.24. The number of pyridine rings is 1. The zero-order chi connectivity index (χ0) is 22.7. The number of benzene rings is 3. The first-order valence-corrected chi connectivity index (χ1v) is 10.7. The fraction of sp³-hybridized carbons (Fsp3) is 0.115. The van der Waals surface area contributed by atoms with Gasteiger partial charge in [-0.2, -0.15) is 0 Å². The van der Waals surface area contributed by atoms with Crippen LogP contribution in [-0.4, -0.2) is 17.2 Å². The molecule has 3 nitrogen and oxygen atoms in total. The van der Waals surface area contributed by atoms with E-state index in [1.807, 2.05) is 60.7 Å². The SMILES string of the molecule is COc1ncc(-c2ccc(Br)cc2)cc1C(c1ccccc1)C(O)c1cc(F)cc(F)c1. The molecule has 0 aliphatic carbocycles. The summed E-state index contributed by atoms with van der Waals surface area (Å²) in [7, 11) is 1.50. The third-order valence-corrected chi connectivity index (χ3v) is 5.81. The summed E-state index contributed by atoms with van der Waals surface area (Å²) in [6.07, 6.45) is 0.459. The van der Waals surface area contributed by atoms with E-state index in [2.05, 4.69) is 20.9 Å². The number of ether oxygens (including phenoxy) is 1. The van der Waals surface area contributed by atoms with Crippen LogP contribution in [0.25, 0.3) is 11.1 Å². The second-order valence-electron chi connectivity index (χ2n) is 7.37. The standard InChI is InChI=1S/C26H20BrF2NO2/c1-32-26-23(13-19(15-30-26)16-7-9-20(27)10-8-16)24(17-5-3-2-4-6-17)25(31)18-11-21(28)14-22(29)12-18/h2-15,24-25,31H,1H3. The van der Waals surface area contributed by atoms with E-state index in [0.29, 0.717) is 11.4 Å². The molecule has 0 amide bonds. The average molecular weight is 496 g/mol. The molecule has 6 heteroatoms. The molecule has 0 fully saturated rings. The molecule has 0 bridgehead atoms. The van der Waals surface area contributed by atoms with Crippen molar-refractivity contribution in [3.63, 3.8) is 0 Å². The molecule has 4 rings (SSSR count). The van der Waals surface area contributed by atoms with E-state index in [0.717, 1.165) is 39.4 Å². The van der Waals surface area contributed by atoms with Crippen LogP contribution in [0.5, 0.6) is 5.88 Å². The normalized spacial score (nSPS) is 12.9. The van der Waals surface area contributed by atoms with E-state index in [1.54, 1.807) is 6.20 Å². The number of hydrogen-bond acceptors (Lipinski definition) is 3. The highest BCUT2D eigenvalue weighted by Crippen LogP contribution is 2.42. The molecule has 1 N–H and O–H groups in total. The third-order valence-electron chi connectivity index (χ3n) is 5.29. The number of aliphatic hydroxyl groups excluding tert-OH is 1. The van der Waals surface area contributed by atoms with Crippen LogP contribution in [0.2, 0.25) is 0 Å². The molecule has 0 radical (unpaired) electrons. The van der Waals surface area contributed by atoms with Crippen LogP contribution in [0.4, 0.5) is 8.78 Å². The van der Waals surface area contributed by atoms with Crippen molar-refractivity contribution in [2.24, 2.45) is 0 Å². The zero-order valence-corrected chi connectivity index (χ0v) is 18.8. The lowest BCUT2D eigenvalue weighted by atomic mass is 9.83. The molecule has 2 unspecified atom stereocenters. The van der Waals surface area contributed by atoms with Crippen molar-refractivity contribution in [1.82, 2.24) is 4.98 Å². The zero-order valence-electron chi connectivity index (χ0n) is 17.2. The largest absolute Gasteiger partial charge is 0.481 e. The van der Waals surface area contributed by atoms with E-state index in [4.69, 9.17) is 4.74 Å². The molecule has 162 valence electrons. The summed E-state index contributed by atoms with van der Waals surface area (Å²) in [5, 5.41) is 11.3. The lowest BCUT2D eigenvalue weighted by Gasteiger charge is -2.26. The number of methoxy groups -OCH3 is 1. The van der Waals surface area contributed by atoms with Gasteiger partial charge in [0.1, 0.15) is 11.6 Å². The van der Waals surface area contributed by atoms with Gasteiger partial charge in [0, 0.05) is 33.8 Å². The minimum Gasteiger partial charge on any atom is -0.481 e. The molecule has 32 heavy (non-hydrogen) atoms. The average Bonchev–Trinajstić information content (AvgIpc) is 2.80. The highest BCUT2D eigenvalue weighted by Gasteiger charge is 2.29. The maximum atomic E-state index is 13.9. The summed E-state index contributed by atoms with van der Waals surface area (Å²) in [6.45, 7) is 0. The van der Waals surface area contributed by atoms with Gasteiger partial charge in [0.05, 0.1) is 13.2 Å². The molecular weight excluding hydrogens is 476 g/mol. The monoisotopic (exact) mass is 495 g/mol. The molecular formula is C26H20BrF2NO2. The van der Waals surface area contributed by atoms with Crippen molar-refractivity contribution in [2.75, 3.05) is 7.11 Å². The summed E-state index contributed by atoms with van der Waals surface area (Å²) in [5.74, 6) is -1.84. The lowest BCUT2D eigenvalue weighted by molar-refractivity contribution is 0.156. The quantitative estimate of drug-likeness (QED) is 0.325. The topological polar surface area (TPSA) is 42.4 Å². The Morgan fingerprint density at radius 3 is 2.12 bits per heavy atom. The lowest BCUT2D eigenvalue weighted by Crippen LogP contribution is -2.15. The smallest absolute Gasteiger partial charge is 0.216 e. The number of nitrogens with zero attached hydrogens (tertiary/aromatic N) is 1. The predicted octanol–water partition coefficient (Wildman–Crippen LogP) is 6.66. The Balaban J connectivity index is 1.89. The Labute approximate surface area is 193 Å². The van der Waals surface area contributed by atoms with Crippen molar-refractivity contribution in [1.29, 1.82) is 0 Å². The van der Waals surface area contributed by atoms with Crippen LogP contribution in [0.15, 0.2) is 89.5 Å². The Morgan fingerprint density at radius 1 is 0.844 bits per heavy atom. The van der Waals surface area contributed by atoms with E-state index in [-0.39, 0.29) is 5.56 Å². The van der Waals surface area contributed by atoms with Crippen molar-refractivity contribution >= 4 is 15.9 Å². The molecule has 0 aliphatic heterocycles. The highest BCUT2D eigenvalue weighted by molar-refractivity contribution is 9.10. The maximum Gasteiger partial charge on any atom is 0.216 e. The van der Waals surface area contributed by atoms with Crippen molar-refractivity contribution in [2.45, 2.75) is 12.0 Å². The van der Waals surface area contributed by atoms with Gasteiger partial charge < -0.3 is 9.84 Å². The number of aromatic nitrogens is 1. The predicted molar refractivity (Wildman–Crippen MR) is 124 cm³/mol. The van der Waals surface area contributed by atoms with Gasteiger partial charge in [-0.15, -0.1) is 0 Å². The maximum absolute atomic E-state index is 13.9. The van der Waals surface area contributed by atoms with Crippen LogP contribution in [0, 0.1) is 11.6 Å². The van der Waals surface area contributed by atoms with Crippen molar-refractivity contribution in [3.8, 4) is 17.0 Å². The first-order chi connectivity index (χ1) is 15.5. The summed E-state index contributed by atoms with van der Waals surface area (Å²) < 4.78 is 34.3. The summed E-state index contributed by atoms with van der Waals surface area (Å²) in [6, 6.07) is 22.0. The molecule has 1 heterocycles. The van der Waals surface area contributed by atoms with Gasteiger partial charge in [-0.25, -0.2) is 13.8 Å². The van der Waals surface area contributed by atoms with Crippen LogP contribution in [0.3, 0.4) is 0 Å². The first kappa shape index (κ1) is 22.1. The fourth-order valence-electron chi connectivity index (χ4n) is 3.79. The molecule has 1 aromatic heterocycles. The van der Waals surface area contributed by atoms with Crippen LogP contribution < -0.4 is 4.74 Å². The number of aliphatic hydroxyl groups is 1. The summed E-state index contributed by atoms with van der Waals surface area (Å²) in [4.78, 5) is 4.46. The first-order valence-electron chi connectivity index (χ1n) is 9.95. The van der Waals surface area contributed by atoms with E-state index in [9.17, 15) is 13.9 Å². The Hall–Kier alpha value is -3.09. The van der Waals surface area contributed by atoms with Crippen molar-refractivity contribution < 1.29 is 18.6 Å². The van der Waals surface area contributed by atoms with Gasteiger partial charge in [0.2, 0.25) is 5.88 Å². The van der Waals surface area contributed by atoms with Gasteiger partial charge in [0.25, 0.3) is 0 Å². The molecule has 3 aromatic carbocycles. The molecule has 0 spiro atoms. The molecule has 4 aromatic rings. The van der Waals surface area contributed by atoms with Crippen molar-refractivity contribution in [3.05, 3.63) is 118 Å². The molecule has 0 saturated carbocycles. The number of hydrogen-bond donors (Lipinski definition) is 1. The Morgan fingerprint density at radius 2 is 1.50 bits per heavy atom. The molecule has 0 aliphatic rings. The Kier molecular flexibility index (Phi) is 6.63. The third kappa shape index (κ3) is 4.71. The summed E-state index contributed by atoms with van der Waals surface area (Å²) >= 11 is 3.44. The summed E-state index contributed by atoms with van der Waals surface area (Å²) in [5.41, 5.74) is 3.26. The number of rotatable bonds is 6. The van der Waals surface area contributed by atoms with Gasteiger partial charge in [-0.1, -0.05) is 58.4 Å². The fourth-order valence-corrected chi connectivity index (χ4v) is 4.06. The minimum absolute atomic E-state index is 0.132. The van der Waals surface area contributed by atoms with Gasteiger partial charge >= 0.3 is 0 Å². The second kappa shape index (κ2) is 9.59. The molecule has 0 saturated heterocycles. The number of halogens is 3. The second-order valence-corrected chi connectivity index (χ2v) is 8.28. The van der Waals surface area contributed by atoms with E-state index in [1.165, 1.54) is 7.11 Å². The highest BCUT2D eigenvalue weighted by atomic mass is 79.9. The van der Waals surface area contributed by atoms with Gasteiger partial charge in [-0.05, 0) is 47.0 Å². The van der Waals surface area contributed by atoms with Crippen LogP contribution in [0.1, 0.15) is 28.7 Å². The van der Waals surface area contributed by atoms with Gasteiger partial charge in [0.15, 0.2) is 0 Å². The van der Waals surface area contributed by atoms with E-state index >= 15 is 0 Å². The van der Waals surface area contributed by atoms with E-state index < -0.39 is 23.7 Å². The van der Waals surface area contributed by atoms with Gasteiger partial charge in [-0.3, -0.25) is 0 Å². The van der Waals surface area contributed by atoms with Crippen LogP contribution in [-0.2, 0) is 0 Å². The molecule has 2 atom stereocenters.